The maximum atomic E-state index is 13.3. The Balaban J connectivity index is 0.918. The van der Waals surface area contributed by atoms with Gasteiger partial charge in [0.1, 0.15) is 17.7 Å². The number of benzene rings is 3. The largest absolute Gasteiger partial charge is 0.453 e. The average Bonchev–Trinajstić information content (AvgIpc) is 4.05. The topological polar surface area (TPSA) is 154 Å². The number of carbonyl (C=O) groups is 2. The number of likely N-dealkylation sites (tertiary alicyclic amines) is 1. The van der Waals surface area contributed by atoms with Crippen LogP contribution in [0, 0.1) is 0 Å². The molecule has 5 N–H and O–H groups in total. The number of carbonyl (C=O) groups excluding carboxylic acids is 2. The predicted molar refractivity (Wildman–Crippen MR) is 209 cm³/mol. The molecule has 4 atom stereocenters. The minimum Gasteiger partial charge on any atom is -0.453 e. The summed E-state index contributed by atoms with van der Waals surface area (Å²) in [5.74, 6) is 1.60. The van der Waals surface area contributed by atoms with Crippen LogP contribution in [0.4, 0.5) is 4.79 Å². The van der Waals surface area contributed by atoms with E-state index in [0.29, 0.717) is 13.2 Å². The highest BCUT2D eigenvalue weighted by atomic mass is 32.1. The second-order valence-electron chi connectivity index (χ2n) is 14.1. The number of methoxy groups -OCH3 is 1. The van der Waals surface area contributed by atoms with E-state index in [2.05, 4.69) is 80.7 Å². The molecule has 0 aliphatic carbocycles. The Labute approximate surface area is 317 Å². The van der Waals surface area contributed by atoms with Crippen molar-refractivity contribution in [2.24, 2.45) is 5.73 Å². The normalized spacial score (nSPS) is 18.6. The van der Waals surface area contributed by atoms with Crippen molar-refractivity contribution in [2.45, 2.75) is 56.8 Å². The SMILES string of the molecule is COC(=O)N[C@@H](C)CON1CCC[C@H]1c1ncc(-c2ccc3cc(-c4ccc(-c5cnc([C@@H]6CCCN6C(=O)[C@H](N)c6ccsc6)[nH]5)cc4)ccc3c2)[nH]1. The number of nitrogens with one attached hydrogen (secondary N) is 3. The summed E-state index contributed by atoms with van der Waals surface area (Å²) in [6, 6.07) is 22.5. The summed E-state index contributed by atoms with van der Waals surface area (Å²) < 4.78 is 4.68. The molecule has 8 rings (SSSR count). The first-order chi connectivity index (χ1) is 26.3. The molecule has 3 aromatic carbocycles. The summed E-state index contributed by atoms with van der Waals surface area (Å²) >= 11 is 1.55. The molecule has 12 nitrogen and oxygen atoms in total. The van der Waals surface area contributed by atoms with Crippen LogP contribution < -0.4 is 11.1 Å². The van der Waals surface area contributed by atoms with E-state index in [-0.39, 0.29) is 24.0 Å². The fraction of sp³-hybridized carbons (Fsp3) is 0.317. The molecule has 2 aliphatic rings. The van der Waals surface area contributed by atoms with Gasteiger partial charge in [-0.25, -0.2) is 14.8 Å². The summed E-state index contributed by atoms with van der Waals surface area (Å²) in [6.07, 6.45) is 6.98. The number of aromatic amines is 2. The molecule has 5 heterocycles. The third-order valence-electron chi connectivity index (χ3n) is 10.5. The molecule has 2 amide bonds. The van der Waals surface area contributed by atoms with E-state index < -0.39 is 12.1 Å². The van der Waals surface area contributed by atoms with E-state index in [1.165, 1.54) is 7.11 Å². The van der Waals surface area contributed by atoms with E-state index in [9.17, 15) is 9.59 Å². The Hall–Kier alpha value is -5.34. The highest BCUT2D eigenvalue weighted by molar-refractivity contribution is 7.08. The molecular formula is C41H44N8O4S. The number of hydrogen-bond donors (Lipinski definition) is 4. The molecule has 0 radical (unpaired) electrons. The van der Waals surface area contributed by atoms with Gasteiger partial charge in [0.15, 0.2) is 0 Å². The van der Waals surface area contributed by atoms with Gasteiger partial charge in [-0.2, -0.15) is 16.4 Å². The number of fused-ring (bicyclic) bond motifs is 1. The van der Waals surface area contributed by atoms with Gasteiger partial charge in [0.2, 0.25) is 5.91 Å². The van der Waals surface area contributed by atoms with Crippen molar-refractivity contribution in [1.29, 1.82) is 0 Å². The molecule has 0 unspecified atom stereocenters. The lowest BCUT2D eigenvalue weighted by Gasteiger charge is -2.26. The summed E-state index contributed by atoms with van der Waals surface area (Å²) in [5.41, 5.74) is 13.4. The minimum atomic E-state index is -0.657. The van der Waals surface area contributed by atoms with Crippen molar-refractivity contribution in [1.82, 2.24) is 35.2 Å². The number of hydroxylamine groups is 2. The smallest absolute Gasteiger partial charge is 0.407 e. The maximum Gasteiger partial charge on any atom is 0.407 e. The zero-order chi connectivity index (χ0) is 37.2. The zero-order valence-electron chi connectivity index (χ0n) is 30.3. The number of nitrogens with zero attached hydrogens (tertiary/aromatic N) is 4. The fourth-order valence-electron chi connectivity index (χ4n) is 7.51. The molecule has 2 fully saturated rings. The van der Waals surface area contributed by atoms with Gasteiger partial charge >= 0.3 is 6.09 Å². The fourth-order valence-corrected chi connectivity index (χ4v) is 8.20. The molecular weight excluding hydrogens is 701 g/mol. The van der Waals surface area contributed by atoms with Gasteiger partial charge in [0.25, 0.3) is 0 Å². The first-order valence-corrected chi connectivity index (χ1v) is 19.4. The van der Waals surface area contributed by atoms with E-state index >= 15 is 0 Å². The van der Waals surface area contributed by atoms with Crippen molar-refractivity contribution in [2.75, 3.05) is 26.8 Å². The highest BCUT2D eigenvalue weighted by Gasteiger charge is 2.35. The van der Waals surface area contributed by atoms with E-state index in [0.717, 1.165) is 93.9 Å². The van der Waals surface area contributed by atoms with Crippen molar-refractivity contribution >= 4 is 34.1 Å². The first-order valence-electron chi connectivity index (χ1n) is 18.4. The number of hydrogen-bond acceptors (Lipinski definition) is 9. The van der Waals surface area contributed by atoms with Crippen molar-refractivity contribution in [3.8, 4) is 33.6 Å². The lowest BCUT2D eigenvalue weighted by atomic mass is 9.98. The van der Waals surface area contributed by atoms with Gasteiger partial charge in [-0.1, -0.05) is 48.5 Å². The lowest BCUT2D eigenvalue weighted by Crippen LogP contribution is -2.38. The molecule has 54 heavy (non-hydrogen) atoms. The molecule has 6 aromatic rings. The predicted octanol–water partition coefficient (Wildman–Crippen LogP) is 7.53. The van der Waals surface area contributed by atoms with Crippen LogP contribution >= 0.6 is 11.3 Å². The molecule has 3 aromatic heterocycles. The van der Waals surface area contributed by atoms with Crippen LogP contribution in [-0.2, 0) is 14.4 Å². The summed E-state index contributed by atoms with van der Waals surface area (Å²) in [6.45, 7) is 3.70. The van der Waals surface area contributed by atoms with Crippen molar-refractivity contribution in [3.63, 3.8) is 0 Å². The monoisotopic (exact) mass is 744 g/mol. The number of rotatable bonds is 11. The number of alkyl carbamates (subject to hydrolysis) is 1. The Morgan fingerprint density at radius 1 is 0.870 bits per heavy atom. The molecule has 0 bridgehead atoms. The zero-order valence-corrected chi connectivity index (χ0v) is 31.1. The third kappa shape index (κ3) is 7.40. The second kappa shape index (κ2) is 15.6. The Morgan fingerprint density at radius 3 is 2.22 bits per heavy atom. The van der Waals surface area contributed by atoms with Crippen LogP contribution in [0.1, 0.15) is 67.9 Å². The standard InChI is InChI=1S/C41H44N8O4S/c1-25(45-41(51)52-2)23-53-49-17-4-6-36(49)39-44-22-34(47-39)31-14-13-29-19-28(11-12-30(29)20-31)26-7-9-27(10-8-26)33-21-43-38(46-33)35-5-3-16-48(35)40(50)37(42)32-15-18-54-24-32/h7-15,18-22,24-25,35-37H,3-6,16-17,23,42H2,1-2H3,(H,43,46)(H,44,47)(H,45,51)/t25-,35-,36-,37+/m0/s1. The van der Waals surface area contributed by atoms with Gasteiger partial charge in [-0.05, 0) is 94.6 Å². The lowest BCUT2D eigenvalue weighted by molar-refractivity contribution is -0.175. The average molecular weight is 745 g/mol. The number of H-pyrrole nitrogens is 2. The summed E-state index contributed by atoms with van der Waals surface area (Å²) in [5, 5.41) is 10.9. The van der Waals surface area contributed by atoms with Crippen LogP contribution in [0.25, 0.3) is 44.4 Å². The van der Waals surface area contributed by atoms with Crippen LogP contribution in [0.5, 0.6) is 0 Å². The van der Waals surface area contributed by atoms with E-state index in [4.69, 9.17) is 20.5 Å². The van der Waals surface area contributed by atoms with Gasteiger partial charge in [-0.3, -0.25) is 9.63 Å². The quantitative estimate of drug-likeness (QED) is 0.106. The van der Waals surface area contributed by atoms with Gasteiger partial charge in [0.05, 0.1) is 55.6 Å². The highest BCUT2D eigenvalue weighted by Crippen LogP contribution is 2.36. The number of aromatic nitrogens is 4. The van der Waals surface area contributed by atoms with Crippen LogP contribution in [0.2, 0.25) is 0 Å². The minimum absolute atomic E-state index is 0.0169. The summed E-state index contributed by atoms with van der Waals surface area (Å²) in [7, 11) is 1.35. The van der Waals surface area contributed by atoms with Crippen LogP contribution in [0.15, 0.2) is 89.9 Å². The summed E-state index contributed by atoms with van der Waals surface area (Å²) in [4.78, 5) is 49.2. The third-order valence-corrected chi connectivity index (χ3v) is 11.2. The number of ether oxygens (including phenoxy) is 1. The van der Waals surface area contributed by atoms with Gasteiger partial charge in [0, 0.05) is 18.7 Å². The van der Waals surface area contributed by atoms with Gasteiger partial charge in [-0.15, -0.1) is 0 Å². The van der Waals surface area contributed by atoms with Crippen molar-refractivity contribution < 1.29 is 19.2 Å². The van der Waals surface area contributed by atoms with Gasteiger partial charge < -0.3 is 30.7 Å². The van der Waals surface area contributed by atoms with E-state index in [1.54, 1.807) is 11.3 Å². The molecule has 2 saturated heterocycles. The Morgan fingerprint density at radius 2 is 1.50 bits per heavy atom. The van der Waals surface area contributed by atoms with Crippen molar-refractivity contribution in [3.05, 3.63) is 107 Å². The van der Waals surface area contributed by atoms with Crippen LogP contribution in [-0.4, -0.2) is 74.7 Å². The number of imidazole rings is 2. The molecule has 13 heteroatoms. The number of thiophene rings is 1. The van der Waals surface area contributed by atoms with E-state index in [1.807, 2.05) is 46.1 Å². The number of nitrogens with two attached hydrogens (primary N) is 1. The Kier molecular flexibility index (Phi) is 10.3. The second-order valence-corrected chi connectivity index (χ2v) is 14.9. The molecule has 0 saturated carbocycles. The van der Waals surface area contributed by atoms with Crippen LogP contribution in [0.3, 0.4) is 0 Å². The number of amides is 2. The maximum absolute atomic E-state index is 13.3. The molecule has 0 spiro atoms. The molecule has 2 aliphatic heterocycles. The first kappa shape index (κ1) is 35.7. The Bertz CT molecular complexity index is 2230. The molecule has 278 valence electrons.